The van der Waals surface area contributed by atoms with Crippen LogP contribution in [0.4, 0.5) is 10.2 Å². The molecule has 0 bridgehead atoms. The van der Waals surface area contributed by atoms with Crippen LogP contribution in [0.5, 0.6) is 0 Å². The van der Waals surface area contributed by atoms with Crippen LogP contribution in [0.25, 0.3) is 11.1 Å². The van der Waals surface area contributed by atoms with Gasteiger partial charge in [0.15, 0.2) is 0 Å². The number of nitrogens with one attached hydrogen (secondary N) is 1. The van der Waals surface area contributed by atoms with E-state index in [2.05, 4.69) is 15.2 Å². The molecule has 1 aromatic carbocycles. The summed E-state index contributed by atoms with van der Waals surface area (Å²) in [6.07, 6.45) is 3.06. The second-order valence-corrected chi connectivity index (χ2v) is 7.66. The van der Waals surface area contributed by atoms with Crippen molar-refractivity contribution in [3.05, 3.63) is 65.9 Å². The van der Waals surface area contributed by atoms with Crippen molar-refractivity contribution >= 4 is 11.7 Å². The first kappa shape index (κ1) is 21.0. The quantitative estimate of drug-likeness (QED) is 0.629. The average Bonchev–Trinajstić information content (AvgIpc) is 3.25. The molecule has 3 heterocycles. The summed E-state index contributed by atoms with van der Waals surface area (Å²) >= 11 is 0. The molecular weight excluding hydrogens is 399 g/mol. The second kappa shape index (κ2) is 9.23. The smallest absolute Gasteiger partial charge is 0.236 e. The minimum atomic E-state index is -0.313. The molecule has 4 rings (SSSR count). The van der Waals surface area contributed by atoms with Gasteiger partial charge in [-0.2, -0.15) is 5.10 Å². The molecule has 162 valence electrons. The van der Waals surface area contributed by atoms with Crippen LogP contribution in [0, 0.1) is 5.82 Å². The highest BCUT2D eigenvalue weighted by molar-refractivity contribution is 5.78. The number of benzene rings is 1. The maximum atomic E-state index is 13.1. The summed E-state index contributed by atoms with van der Waals surface area (Å²) in [5.41, 5.74) is 9.34. The van der Waals surface area contributed by atoms with Crippen LogP contribution in [-0.4, -0.2) is 64.2 Å². The Kier molecular flexibility index (Phi) is 6.24. The molecule has 0 spiro atoms. The van der Waals surface area contributed by atoms with E-state index in [1.807, 2.05) is 18.0 Å². The molecule has 1 aliphatic heterocycles. The molecule has 9 heteroatoms. The summed E-state index contributed by atoms with van der Waals surface area (Å²) in [6, 6.07) is 9.96. The number of carbonyl (C=O) groups excluding carboxylic acids is 1. The van der Waals surface area contributed by atoms with Gasteiger partial charge in [-0.1, -0.05) is 12.1 Å². The van der Waals surface area contributed by atoms with Crippen molar-refractivity contribution in [2.24, 2.45) is 0 Å². The Morgan fingerprint density at radius 2 is 2.16 bits per heavy atom. The molecule has 1 amide bonds. The van der Waals surface area contributed by atoms with Crippen LogP contribution in [0.15, 0.2) is 48.8 Å². The molecule has 0 unspecified atom stereocenters. The third-order valence-corrected chi connectivity index (χ3v) is 5.27. The van der Waals surface area contributed by atoms with Gasteiger partial charge >= 0.3 is 0 Å². The molecule has 31 heavy (non-hydrogen) atoms. The van der Waals surface area contributed by atoms with Crippen LogP contribution >= 0.6 is 0 Å². The number of nitrogen functional groups attached to an aromatic ring is 1. The monoisotopic (exact) mass is 424 g/mol. The third kappa shape index (κ3) is 5.07. The highest BCUT2D eigenvalue weighted by Crippen LogP contribution is 2.30. The molecule has 3 aromatic rings. The van der Waals surface area contributed by atoms with E-state index in [1.54, 1.807) is 35.5 Å². The fourth-order valence-electron chi connectivity index (χ4n) is 3.73. The Balaban J connectivity index is 1.40. The zero-order valence-electron chi connectivity index (χ0n) is 17.3. The van der Waals surface area contributed by atoms with Crippen molar-refractivity contribution in [3.63, 3.8) is 0 Å². The summed E-state index contributed by atoms with van der Waals surface area (Å²) in [5.74, 6) is 0.178. The zero-order valence-corrected chi connectivity index (χ0v) is 17.3. The number of aromatic amines is 1. The fourth-order valence-corrected chi connectivity index (χ4v) is 3.73. The van der Waals surface area contributed by atoms with Gasteiger partial charge in [0.25, 0.3) is 0 Å². The molecule has 8 nitrogen and oxygen atoms in total. The predicted octanol–water partition coefficient (Wildman–Crippen LogP) is 2.22. The Hall–Kier alpha value is -3.30. The molecule has 0 saturated carbocycles. The number of morpholine rings is 1. The number of ether oxygens (including phenoxy) is 1. The van der Waals surface area contributed by atoms with E-state index in [9.17, 15) is 9.18 Å². The third-order valence-electron chi connectivity index (χ3n) is 5.27. The summed E-state index contributed by atoms with van der Waals surface area (Å²) in [4.78, 5) is 20.6. The average molecular weight is 424 g/mol. The fraction of sp³-hybridized carbons (Fsp3) is 0.318. The van der Waals surface area contributed by atoms with Crippen LogP contribution in [0.1, 0.15) is 17.4 Å². The number of nitrogens with two attached hydrogens (primary N) is 1. The van der Waals surface area contributed by atoms with Crippen molar-refractivity contribution in [1.29, 1.82) is 0 Å². The molecule has 0 aliphatic carbocycles. The number of aromatic nitrogens is 3. The Morgan fingerprint density at radius 3 is 2.94 bits per heavy atom. The standard InChI is InChI=1S/C22H25FN6O2/c1-28(12-15-2-4-17(23)5-3-15)14-21(30)29-8-9-31-19(13-29)22-18(11-26-27-22)16-6-7-25-20(24)10-16/h2-7,10-11,19H,8-9,12-14H2,1H3,(H2,24,25)(H,26,27)/t19-/m0/s1. The van der Waals surface area contributed by atoms with E-state index in [-0.39, 0.29) is 24.4 Å². The summed E-state index contributed by atoms with van der Waals surface area (Å²) < 4.78 is 19.0. The number of anilines is 1. The number of H-pyrrole nitrogens is 1. The van der Waals surface area contributed by atoms with E-state index < -0.39 is 0 Å². The van der Waals surface area contributed by atoms with Crippen LogP contribution in [0.3, 0.4) is 0 Å². The van der Waals surface area contributed by atoms with Crippen LogP contribution in [-0.2, 0) is 16.1 Å². The highest BCUT2D eigenvalue weighted by Gasteiger charge is 2.29. The Labute approximate surface area is 179 Å². The van der Waals surface area contributed by atoms with Gasteiger partial charge in [0.05, 0.1) is 31.6 Å². The summed E-state index contributed by atoms with van der Waals surface area (Å²) in [6.45, 7) is 2.23. The highest BCUT2D eigenvalue weighted by atomic mass is 19.1. The number of nitrogens with zero attached hydrogens (tertiary/aromatic N) is 4. The van der Waals surface area contributed by atoms with Gasteiger partial charge in [0.2, 0.25) is 5.91 Å². The largest absolute Gasteiger partial charge is 0.384 e. The second-order valence-electron chi connectivity index (χ2n) is 7.66. The minimum absolute atomic E-state index is 0.0205. The lowest BCUT2D eigenvalue weighted by atomic mass is 10.0. The number of likely N-dealkylation sites (N-methyl/N-ethyl adjacent to an activating group) is 1. The SMILES string of the molecule is CN(CC(=O)N1CCO[C@H](c2[nH]ncc2-c2ccnc(N)c2)C1)Cc1ccc(F)cc1. The maximum Gasteiger partial charge on any atom is 0.236 e. The van der Waals surface area contributed by atoms with Gasteiger partial charge in [-0.25, -0.2) is 9.37 Å². The minimum Gasteiger partial charge on any atom is -0.384 e. The van der Waals surface area contributed by atoms with Gasteiger partial charge in [-0.3, -0.25) is 14.8 Å². The first-order valence-electron chi connectivity index (χ1n) is 10.1. The van der Waals surface area contributed by atoms with Crippen molar-refractivity contribution in [2.75, 3.05) is 39.0 Å². The lowest BCUT2D eigenvalue weighted by Crippen LogP contribution is -2.46. The molecular formula is C22H25FN6O2. The molecule has 2 aromatic heterocycles. The zero-order chi connectivity index (χ0) is 21.8. The van der Waals surface area contributed by atoms with E-state index in [0.29, 0.717) is 32.1 Å². The molecule has 1 atom stereocenters. The van der Waals surface area contributed by atoms with Crippen molar-refractivity contribution in [2.45, 2.75) is 12.6 Å². The maximum absolute atomic E-state index is 13.1. The first-order valence-corrected chi connectivity index (χ1v) is 10.1. The number of halogens is 1. The predicted molar refractivity (Wildman–Crippen MR) is 114 cm³/mol. The normalized spacial score (nSPS) is 16.6. The van der Waals surface area contributed by atoms with Crippen molar-refractivity contribution in [3.8, 4) is 11.1 Å². The number of pyridine rings is 1. The lowest BCUT2D eigenvalue weighted by Gasteiger charge is -2.34. The number of amides is 1. The molecule has 1 aliphatic rings. The number of hydrogen-bond donors (Lipinski definition) is 2. The topological polar surface area (TPSA) is 100 Å². The van der Waals surface area contributed by atoms with E-state index in [4.69, 9.17) is 10.5 Å². The summed E-state index contributed by atoms with van der Waals surface area (Å²) in [7, 11) is 1.88. The van der Waals surface area contributed by atoms with Gasteiger partial charge in [0, 0.05) is 24.8 Å². The van der Waals surface area contributed by atoms with Gasteiger partial charge < -0.3 is 15.4 Å². The molecule has 1 saturated heterocycles. The van der Waals surface area contributed by atoms with E-state index in [0.717, 1.165) is 22.4 Å². The number of hydrogen-bond acceptors (Lipinski definition) is 6. The van der Waals surface area contributed by atoms with Gasteiger partial charge in [0.1, 0.15) is 17.7 Å². The molecule has 1 fully saturated rings. The van der Waals surface area contributed by atoms with Crippen LogP contribution < -0.4 is 5.73 Å². The van der Waals surface area contributed by atoms with Crippen molar-refractivity contribution in [1.82, 2.24) is 25.0 Å². The molecule has 0 radical (unpaired) electrons. The van der Waals surface area contributed by atoms with Gasteiger partial charge in [-0.05, 0) is 42.4 Å². The molecule has 3 N–H and O–H groups in total. The number of rotatable bonds is 6. The first-order chi connectivity index (χ1) is 15.0. The van der Waals surface area contributed by atoms with E-state index in [1.165, 1.54) is 12.1 Å². The Morgan fingerprint density at radius 1 is 1.35 bits per heavy atom. The van der Waals surface area contributed by atoms with E-state index >= 15 is 0 Å². The van der Waals surface area contributed by atoms with Crippen LogP contribution in [0.2, 0.25) is 0 Å². The lowest BCUT2D eigenvalue weighted by molar-refractivity contribution is -0.140. The van der Waals surface area contributed by atoms with Crippen molar-refractivity contribution < 1.29 is 13.9 Å². The number of carbonyl (C=O) groups is 1. The summed E-state index contributed by atoms with van der Waals surface area (Å²) in [5, 5.41) is 7.19. The Bertz CT molecular complexity index is 1040. The van der Waals surface area contributed by atoms with Gasteiger partial charge in [-0.15, -0.1) is 0 Å².